The van der Waals surface area contributed by atoms with Gasteiger partial charge in [0.1, 0.15) is 18.1 Å². The van der Waals surface area contributed by atoms with Gasteiger partial charge in [-0.3, -0.25) is 24.2 Å². The van der Waals surface area contributed by atoms with Gasteiger partial charge in [0.15, 0.2) is 5.96 Å². The quantitative estimate of drug-likeness (QED) is 0.0611. The van der Waals surface area contributed by atoms with E-state index in [0.717, 1.165) is 0 Å². The van der Waals surface area contributed by atoms with Gasteiger partial charge < -0.3 is 44.0 Å². The van der Waals surface area contributed by atoms with Gasteiger partial charge in [-0.15, -0.1) is 0 Å². The lowest BCUT2D eigenvalue weighted by molar-refractivity contribution is -0.143. The van der Waals surface area contributed by atoms with Crippen molar-refractivity contribution >= 4 is 47.3 Å². The van der Waals surface area contributed by atoms with Crippen LogP contribution >= 0.6 is 11.8 Å². The van der Waals surface area contributed by atoms with E-state index >= 15 is 0 Å². The predicted octanol–water partition coefficient (Wildman–Crippen LogP) is -3.83. The molecule has 0 bridgehead atoms. The van der Waals surface area contributed by atoms with Gasteiger partial charge >= 0.3 is 5.97 Å². The Balaban J connectivity index is 5.45. The molecule has 0 aliphatic rings. The highest BCUT2D eigenvalue weighted by molar-refractivity contribution is 7.98. The number of nitrogens with two attached hydrogens (primary N) is 4. The molecule has 0 rings (SSSR count). The third-order valence-corrected chi connectivity index (χ3v) is 4.69. The number of nitrogens with zero attached hydrogens (tertiary/aromatic N) is 1. The number of carbonyl (C=O) groups is 5. The first kappa shape index (κ1) is 28.9. The van der Waals surface area contributed by atoms with Crippen LogP contribution in [0.2, 0.25) is 0 Å². The zero-order valence-corrected chi connectivity index (χ0v) is 18.7. The number of aliphatic carboxylic acids is 1. The summed E-state index contributed by atoms with van der Waals surface area (Å²) in [6, 6.07) is -3.70. The summed E-state index contributed by atoms with van der Waals surface area (Å²) in [5.41, 5.74) is 20.8. The van der Waals surface area contributed by atoms with E-state index in [0.29, 0.717) is 5.75 Å². The van der Waals surface area contributed by atoms with Crippen molar-refractivity contribution in [3.8, 4) is 0 Å². The fourth-order valence-corrected chi connectivity index (χ4v) is 2.95. The Labute approximate surface area is 189 Å². The molecule has 0 aromatic heterocycles. The van der Waals surface area contributed by atoms with Crippen LogP contribution in [0.5, 0.6) is 0 Å². The number of carboxylic acids is 1. The Morgan fingerprint density at radius 3 is 1.97 bits per heavy atom. The van der Waals surface area contributed by atoms with Gasteiger partial charge in [-0.1, -0.05) is 0 Å². The number of carboxylic acid groups (broad SMARTS) is 1. The topological polar surface area (TPSA) is 258 Å². The average Bonchev–Trinajstić information content (AvgIpc) is 2.71. The number of hydrogen-bond donors (Lipinski definition) is 8. The van der Waals surface area contributed by atoms with Crippen molar-refractivity contribution < 1.29 is 29.1 Å². The summed E-state index contributed by atoms with van der Waals surface area (Å²) in [6.07, 6.45) is 1.80. The molecule has 0 aromatic rings. The Morgan fingerprint density at radius 1 is 0.938 bits per heavy atom. The third-order valence-electron chi connectivity index (χ3n) is 4.05. The molecule has 4 amide bonds. The number of hydrogen-bond acceptors (Lipinski definition) is 8. The Morgan fingerprint density at radius 2 is 1.50 bits per heavy atom. The highest BCUT2D eigenvalue weighted by atomic mass is 32.2. The molecule has 3 unspecified atom stereocenters. The Kier molecular flexibility index (Phi) is 14.2. The molecule has 15 heteroatoms. The second-order valence-corrected chi connectivity index (χ2v) is 7.67. The summed E-state index contributed by atoms with van der Waals surface area (Å²) in [4.78, 5) is 63.3. The van der Waals surface area contributed by atoms with Crippen LogP contribution in [0, 0.1) is 0 Å². The monoisotopic (exact) mass is 476 g/mol. The summed E-state index contributed by atoms with van der Waals surface area (Å²) in [5.74, 6) is -4.03. The molecule has 12 N–H and O–H groups in total. The van der Waals surface area contributed by atoms with Crippen LogP contribution in [-0.4, -0.2) is 83.9 Å². The number of nitrogens with one attached hydrogen (secondary N) is 3. The number of thioether (sulfide) groups is 1. The van der Waals surface area contributed by atoms with Crippen LogP contribution < -0.4 is 38.9 Å². The maximum Gasteiger partial charge on any atom is 0.326 e. The van der Waals surface area contributed by atoms with E-state index < -0.39 is 54.1 Å². The van der Waals surface area contributed by atoms with Gasteiger partial charge in [0.2, 0.25) is 23.6 Å². The Bertz CT molecular complexity index is 701. The molecule has 182 valence electrons. The zero-order chi connectivity index (χ0) is 24.7. The van der Waals surface area contributed by atoms with Crippen molar-refractivity contribution in [2.45, 2.75) is 43.8 Å². The van der Waals surface area contributed by atoms with E-state index in [9.17, 15) is 29.1 Å². The molecule has 0 saturated heterocycles. The standard InChI is InChI=1S/C17H32N8O6S/c1-32-6-4-10(23-13(27)8-18)15(29)24-9(3-2-5-22-17(20)21)14(28)25-11(16(30)31)7-12(19)26/h9-11H,2-8,18H2,1H3,(H2,19,26)(H,23,27)(H,24,29)(H,25,28)(H,30,31)(H4,20,21,22). The van der Waals surface area contributed by atoms with E-state index in [1.54, 1.807) is 0 Å². The maximum atomic E-state index is 12.7. The minimum Gasteiger partial charge on any atom is -0.480 e. The van der Waals surface area contributed by atoms with E-state index in [4.69, 9.17) is 22.9 Å². The summed E-state index contributed by atoms with van der Waals surface area (Å²) >= 11 is 1.45. The minimum absolute atomic E-state index is 0.0529. The highest BCUT2D eigenvalue weighted by Gasteiger charge is 2.29. The van der Waals surface area contributed by atoms with Crippen molar-refractivity contribution in [3.63, 3.8) is 0 Å². The van der Waals surface area contributed by atoms with Crippen LogP contribution in [0.25, 0.3) is 0 Å². The molecule has 0 spiro atoms. The zero-order valence-electron chi connectivity index (χ0n) is 17.8. The molecule has 0 radical (unpaired) electrons. The van der Waals surface area contributed by atoms with Crippen LogP contribution in [0.15, 0.2) is 4.99 Å². The molecule has 0 aromatic carbocycles. The van der Waals surface area contributed by atoms with Gasteiger partial charge in [0, 0.05) is 6.54 Å². The molecule has 3 atom stereocenters. The van der Waals surface area contributed by atoms with E-state index in [2.05, 4.69) is 20.9 Å². The molecule has 0 saturated carbocycles. The first-order valence-corrected chi connectivity index (χ1v) is 11.1. The predicted molar refractivity (Wildman–Crippen MR) is 119 cm³/mol. The van der Waals surface area contributed by atoms with Gasteiger partial charge in [-0.05, 0) is 31.3 Å². The SMILES string of the molecule is CSCCC(NC(=O)CN)C(=O)NC(CCCN=C(N)N)C(=O)NC(CC(N)=O)C(=O)O. The average molecular weight is 477 g/mol. The lowest BCUT2D eigenvalue weighted by Gasteiger charge is -2.24. The van der Waals surface area contributed by atoms with Gasteiger partial charge in [0.05, 0.1) is 13.0 Å². The van der Waals surface area contributed by atoms with E-state index in [-0.39, 0.29) is 38.3 Å². The van der Waals surface area contributed by atoms with Crippen molar-refractivity contribution in [1.82, 2.24) is 16.0 Å². The minimum atomic E-state index is -1.57. The lowest BCUT2D eigenvalue weighted by Crippen LogP contribution is -2.56. The van der Waals surface area contributed by atoms with Crippen molar-refractivity contribution in [2.75, 3.05) is 25.1 Å². The summed E-state index contributed by atoms with van der Waals surface area (Å²) in [7, 11) is 0. The smallest absolute Gasteiger partial charge is 0.326 e. The van der Waals surface area contributed by atoms with Gasteiger partial charge in [0.25, 0.3) is 0 Å². The number of aliphatic imine (C=N–C) groups is 1. The lowest BCUT2D eigenvalue weighted by atomic mass is 10.1. The normalized spacial score (nSPS) is 13.2. The van der Waals surface area contributed by atoms with Crippen molar-refractivity contribution in [2.24, 2.45) is 27.9 Å². The largest absolute Gasteiger partial charge is 0.480 e. The second-order valence-electron chi connectivity index (χ2n) is 6.69. The molecule has 0 aliphatic heterocycles. The molecule has 0 aliphatic carbocycles. The van der Waals surface area contributed by atoms with Crippen molar-refractivity contribution in [3.05, 3.63) is 0 Å². The first-order valence-electron chi connectivity index (χ1n) is 9.67. The van der Waals surface area contributed by atoms with Crippen molar-refractivity contribution in [1.29, 1.82) is 0 Å². The van der Waals surface area contributed by atoms with Gasteiger partial charge in [-0.2, -0.15) is 11.8 Å². The van der Waals surface area contributed by atoms with Crippen LogP contribution in [0.1, 0.15) is 25.7 Å². The molecule has 14 nitrogen and oxygen atoms in total. The molecule has 0 heterocycles. The fraction of sp³-hybridized carbons (Fsp3) is 0.647. The molecule has 0 fully saturated rings. The maximum absolute atomic E-state index is 12.7. The van der Waals surface area contributed by atoms with Crippen LogP contribution in [0.4, 0.5) is 0 Å². The number of guanidine groups is 1. The van der Waals surface area contributed by atoms with Gasteiger partial charge in [-0.25, -0.2) is 4.79 Å². The third kappa shape index (κ3) is 12.6. The van der Waals surface area contributed by atoms with E-state index in [1.807, 2.05) is 6.26 Å². The number of primary amides is 1. The molecule has 32 heavy (non-hydrogen) atoms. The Hall–Kier alpha value is -3.07. The van der Waals surface area contributed by atoms with E-state index in [1.165, 1.54) is 11.8 Å². The van der Waals surface area contributed by atoms with Crippen LogP contribution in [-0.2, 0) is 24.0 Å². The number of carbonyl (C=O) groups excluding carboxylic acids is 4. The fourth-order valence-electron chi connectivity index (χ4n) is 2.48. The first-order chi connectivity index (χ1) is 15.0. The molecular weight excluding hydrogens is 444 g/mol. The molecular formula is C17H32N8O6S. The van der Waals surface area contributed by atoms with Crippen LogP contribution in [0.3, 0.4) is 0 Å². The summed E-state index contributed by atoms with van der Waals surface area (Å²) < 4.78 is 0. The summed E-state index contributed by atoms with van der Waals surface area (Å²) in [5, 5.41) is 16.4. The summed E-state index contributed by atoms with van der Waals surface area (Å²) in [6.45, 7) is -0.162. The highest BCUT2D eigenvalue weighted by Crippen LogP contribution is 2.05. The number of rotatable bonds is 16. The number of amides is 4. The second kappa shape index (κ2) is 15.7.